The molecule has 18 heavy (non-hydrogen) atoms. The van der Waals surface area contributed by atoms with E-state index >= 15 is 0 Å². The first-order valence-electron chi connectivity index (χ1n) is 5.00. The van der Waals surface area contributed by atoms with E-state index in [0.29, 0.717) is 17.4 Å². The largest absolute Gasteiger partial charge is 0.435 e. The number of nitrogens with two attached hydrogens (primary N) is 1. The highest BCUT2D eigenvalue weighted by Gasteiger charge is 2.35. The van der Waals surface area contributed by atoms with Crippen LogP contribution in [0, 0.1) is 0 Å². The summed E-state index contributed by atoms with van der Waals surface area (Å²) in [6.45, 7) is -1.03. The number of alkyl halides is 4. The molecule has 0 atom stereocenters. The molecule has 0 aliphatic carbocycles. The van der Waals surface area contributed by atoms with E-state index in [9.17, 15) is 17.6 Å². The predicted molar refractivity (Wildman–Crippen MR) is 57.8 cm³/mol. The molecule has 0 radical (unpaired) electrons. The Hall–Kier alpha value is -2.05. The Morgan fingerprint density at radius 1 is 1.17 bits per heavy atom. The molecule has 96 valence electrons. The number of hydrogen-bond donors (Lipinski definition) is 1. The second kappa shape index (κ2) is 4.32. The molecule has 3 nitrogen and oxygen atoms in total. The first-order valence-corrected chi connectivity index (χ1v) is 5.00. The lowest BCUT2D eigenvalue weighted by Gasteiger charge is -2.05. The van der Waals surface area contributed by atoms with E-state index in [1.54, 1.807) is 0 Å². The van der Waals surface area contributed by atoms with Gasteiger partial charge in [0.2, 0.25) is 0 Å². The van der Waals surface area contributed by atoms with Crippen LogP contribution in [0.1, 0.15) is 11.4 Å². The third-order valence-electron chi connectivity index (χ3n) is 2.35. The summed E-state index contributed by atoms with van der Waals surface area (Å²) in [5.41, 5.74) is 4.98. The van der Waals surface area contributed by atoms with E-state index in [1.165, 1.54) is 24.3 Å². The lowest BCUT2D eigenvalue weighted by Crippen LogP contribution is -2.07. The summed E-state index contributed by atoms with van der Waals surface area (Å²) in [5, 5.41) is 3.36. The van der Waals surface area contributed by atoms with Gasteiger partial charge >= 0.3 is 6.18 Å². The summed E-state index contributed by atoms with van der Waals surface area (Å²) in [4.78, 5) is 0. The Morgan fingerprint density at radius 2 is 1.78 bits per heavy atom. The monoisotopic (exact) mass is 259 g/mol. The molecule has 1 aromatic heterocycles. The van der Waals surface area contributed by atoms with E-state index in [2.05, 4.69) is 5.10 Å². The van der Waals surface area contributed by atoms with E-state index in [1.807, 2.05) is 0 Å². The van der Waals surface area contributed by atoms with Crippen molar-refractivity contribution >= 4 is 5.69 Å². The van der Waals surface area contributed by atoms with Gasteiger partial charge in [-0.15, -0.1) is 0 Å². The molecule has 0 fully saturated rings. The molecule has 0 saturated heterocycles. The van der Waals surface area contributed by atoms with E-state index in [0.717, 1.165) is 4.68 Å². The summed E-state index contributed by atoms with van der Waals surface area (Å²) in [6.07, 6.45) is -4.59. The molecule has 0 amide bonds. The second-order valence-corrected chi connectivity index (χ2v) is 3.66. The number of nitrogens with zero attached hydrogens (tertiary/aromatic N) is 2. The molecule has 7 heteroatoms. The lowest BCUT2D eigenvalue weighted by atomic mass is 10.3. The molecule has 0 unspecified atom stereocenters. The number of aromatic nitrogens is 2. The van der Waals surface area contributed by atoms with Crippen LogP contribution in [-0.4, -0.2) is 9.78 Å². The van der Waals surface area contributed by atoms with Gasteiger partial charge in [-0.1, -0.05) is 0 Å². The molecule has 2 rings (SSSR count). The maximum Gasteiger partial charge on any atom is 0.435 e. The highest BCUT2D eigenvalue weighted by Crippen LogP contribution is 2.29. The summed E-state index contributed by atoms with van der Waals surface area (Å²) in [7, 11) is 0. The number of benzene rings is 1. The fourth-order valence-corrected chi connectivity index (χ4v) is 1.49. The average molecular weight is 259 g/mol. The van der Waals surface area contributed by atoms with Crippen LogP contribution in [0.5, 0.6) is 0 Å². The Kier molecular flexibility index (Phi) is 2.98. The van der Waals surface area contributed by atoms with Crippen molar-refractivity contribution in [3.63, 3.8) is 0 Å². The minimum atomic E-state index is -4.59. The SMILES string of the molecule is Nc1ccc(-n2nc(C(F)(F)F)cc2CF)cc1. The molecule has 2 aromatic rings. The van der Waals surface area contributed by atoms with Crippen molar-refractivity contribution in [3.8, 4) is 5.69 Å². The van der Waals surface area contributed by atoms with Gasteiger partial charge in [0.15, 0.2) is 5.69 Å². The number of rotatable bonds is 2. The lowest BCUT2D eigenvalue weighted by molar-refractivity contribution is -0.141. The fraction of sp³-hybridized carbons (Fsp3) is 0.182. The Bertz CT molecular complexity index is 542. The van der Waals surface area contributed by atoms with Crippen LogP contribution in [-0.2, 0) is 12.9 Å². The zero-order valence-electron chi connectivity index (χ0n) is 9.08. The van der Waals surface area contributed by atoms with Crippen LogP contribution in [0.15, 0.2) is 30.3 Å². The summed E-state index contributed by atoms with van der Waals surface area (Å²) < 4.78 is 51.1. The minimum Gasteiger partial charge on any atom is -0.399 e. The van der Waals surface area contributed by atoms with Gasteiger partial charge in [0.1, 0.15) is 6.67 Å². The fourth-order valence-electron chi connectivity index (χ4n) is 1.49. The van der Waals surface area contributed by atoms with Gasteiger partial charge in [0.25, 0.3) is 0 Å². The maximum atomic E-state index is 12.7. The average Bonchev–Trinajstić information content (AvgIpc) is 2.73. The van der Waals surface area contributed by atoms with Crippen molar-refractivity contribution < 1.29 is 17.6 Å². The molecule has 0 aliphatic heterocycles. The number of anilines is 1. The predicted octanol–water partition coefficient (Wildman–Crippen LogP) is 2.94. The molecule has 0 aliphatic rings. The van der Waals surface area contributed by atoms with Gasteiger partial charge in [-0.05, 0) is 30.3 Å². The Morgan fingerprint density at radius 3 is 2.28 bits per heavy atom. The van der Waals surface area contributed by atoms with Crippen molar-refractivity contribution in [3.05, 3.63) is 41.7 Å². The third-order valence-corrected chi connectivity index (χ3v) is 2.35. The zero-order valence-corrected chi connectivity index (χ0v) is 9.08. The number of nitrogen functional groups attached to an aromatic ring is 1. The smallest absolute Gasteiger partial charge is 0.399 e. The Balaban J connectivity index is 2.50. The third kappa shape index (κ3) is 2.29. The van der Waals surface area contributed by atoms with Crippen LogP contribution < -0.4 is 5.73 Å². The van der Waals surface area contributed by atoms with Crippen molar-refractivity contribution in [1.82, 2.24) is 9.78 Å². The molecule has 1 heterocycles. The molecule has 0 saturated carbocycles. The number of halogens is 4. The summed E-state index contributed by atoms with van der Waals surface area (Å²) >= 11 is 0. The van der Waals surface area contributed by atoms with E-state index in [4.69, 9.17) is 5.73 Å². The van der Waals surface area contributed by atoms with Gasteiger partial charge in [-0.25, -0.2) is 9.07 Å². The zero-order chi connectivity index (χ0) is 13.3. The first kappa shape index (κ1) is 12.4. The molecule has 0 bridgehead atoms. The molecular formula is C11H9F4N3. The van der Waals surface area contributed by atoms with Gasteiger partial charge in [-0.3, -0.25) is 0 Å². The van der Waals surface area contributed by atoms with Crippen LogP contribution in [0.3, 0.4) is 0 Å². The second-order valence-electron chi connectivity index (χ2n) is 3.66. The quantitative estimate of drug-likeness (QED) is 0.665. The molecular weight excluding hydrogens is 250 g/mol. The minimum absolute atomic E-state index is 0.160. The van der Waals surface area contributed by atoms with Crippen LogP contribution in [0.25, 0.3) is 5.69 Å². The number of hydrogen-bond acceptors (Lipinski definition) is 2. The van der Waals surface area contributed by atoms with Crippen LogP contribution in [0.4, 0.5) is 23.2 Å². The summed E-state index contributed by atoms with van der Waals surface area (Å²) in [5.74, 6) is 0. The summed E-state index contributed by atoms with van der Waals surface area (Å²) in [6, 6.07) is 6.65. The van der Waals surface area contributed by atoms with Crippen LogP contribution in [0.2, 0.25) is 0 Å². The standard InChI is InChI=1S/C11H9F4N3/c12-6-9-5-10(11(13,14)15)17-18(9)8-3-1-7(16)2-4-8/h1-5H,6,16H2. The van der Waals surface area contributed by atoms with Crippen molar-refractivity contribution in [2.24, 2.45) is 0 Å². The first-order chi connectivity index (χ1) is 8.41. The van der Waals surface area contributed by atoms with Gasteiger partial charge in [0, 0.05) is 5.69 Å². The highest BCUT2D eigenvalue weighted by atomic mass is 19.4. The van der Waals surface area contributed by atoms with E-state index in [-0.39, 0.29) is 5.69 Å². The van der Waals surface area contributed by atoms with Gasteiger partial charge < -0.3 is 5.73 Å². The maximum absolute atomic E-state index is 12.7. The van der Waals surface area contributed by atoms with Gasteiger partial charge in [0.05, 0.1) is 11.4 Å². The van der Waals surface area contributed by atoms with Crippen molar-refractivity contribution in [2.75, 3.05) is 5.73 Å². The van der Waals surface area contributed by atoms with Gasteiger partial charge in [-0.2, -0.15) is 18.3 Å². The molecule has 1 aromatic carbocycles. The topological polar surface area (TPSA) is 43.8 Å². The van der Waals surface area contributed by atoms with Crippen molar-refractivity contribution in [2.45, 2.75) is 12.9 Å². The van der Waals surface area contributed by atoms with Crippen molar-refractivity contribution in [1.29, 1.82) is 0 Å². The molecule has 2 N–H and O–H groups in total. The molecule has 0 spiro atoms. The van der Waals surface area contributed by atoms with Crippen LogP contribution >= 0.6 is 0 Å². The highest BCUT2D eigenvalue weighted by molar-refractivity contribution is 5.45. The normalized spacial score (nSPS) is 11.8. The Labute approximate surface area is 99.8 Å². The van der Waals surface area contributed by atoms with E-state index < -0.39 is 18.5 Å².